The zero-order valence-corrected chi connectivity index (χ0v) is 14.3. The van der Waals surface area contributed by atoms with E-state index in [2.05, 4.69) is 26.2 Å². The second-order valence-corrected chi connectivity index (χ2v) is 5.90. The van der Waals surface area contributed by atoms with Crippen molar-refractivity contribution in [1.82, 2.24) is 5.32 Å². The van der Waals surface area contributed by atoms with E-state index in [9.17, 15) is 4.79 Å². The number of fused-ring (bicyclic) bond motifs is 1. The van der Waals surface area contributed by atoms with E-state index in [1.165, 1.54) is 0 Å². The molecule has 6 heteroatoms. The highest BCUT2D eigenvalue weighted by molar-refractivity contribution is 9.10. The maximum atomic E-state index is 11.6. The van der Waals surface area contributed by atoms with E-state index in [1.54, 1.807) is 26.4 Å². The van der Waals surface area contributed by atoms with Crippen LogP contribution in [0.5, 0.6) is 11.5 Å². The van der Waals surface area contributed by atoms with Crippen LogP contribution in [0.2, 0.25) is 0 Å². The molecule has 0 bridgehead atoms. The lowest BCUT2D eigenvalue weighted by Gasteiger charge is -2.25. The molecule has 2 aromatic rings. The number of nitrogens with one attached hydrogen (secondary N) is 1. The van der Waals surface area contributed by atoms with Gasteiger partial charge in [0.15, 0.2) is 0 Å². The van der Waals surface area contributed by atoms with Gasteiger partial charge in [-0.2, -0.15) is 0 Å². The van der Waals surface area contributed by atoms with Gasteiger partial charge in [-0.25, -0.2) is 4.99 Å². The van der Waals surface area contributed by atoms with Gasteiger partial charge in [-0.05, 0) is 12.1 Å². The summed E-state index contributed by atoms with van der Waals surface area (Å²) in [6.07, 6.45) is 0.849. The Balaban J connectivity index is 2.15. The average molecular weight is 375 g/mol. The number of ether oxygens (including phenoxy) is 2. The summed E-state index contributed by atoms with van der Waals surface area (Å²) < 4.78 is 11.7. The number of hydrogen-bond donors (Lipinski definition) is 1. The molecule has 0 saturated heterocycles. The molecule has 1 aliphatic heterocycles. The Kier molecular flexibility index (Phi) is 4.34. The number of benzene rings is 2. The van der Waals surface area contributed by atoms with Crippen molar-refractivity contribution in [3.8, 4) is 11.5 Å². The number of aldehydes is 1. The normalized spacial score (nSPS) is 16.0. The van der Waals surface area contributed by atoms with Crippen molar-refractivity contribution in [3.05, 3.63) is 52.0 Å². The molecule has 3 rings (SSSR count). The van der Waals surface area contributed by atoms with Gasteiger partial charge in [-0.1, -0.05) is 28.1 Å². The maximum Gasteiger partial charge on any atom is 0.147 e. The third-order valence-corrected chi connectivity index (χ3v) is 4.17. The zero-order valence-electron chi connectivity index (χ0n) is 12.7. The van der Waals surface area contributed by atoms with Crippen LogP contribution in [0.1, 0.15) is 17.2 Å². The first-order chi connectivity index (χ1) is 11.2. The molecule has 0 spiro atoms. The minimum absolute atomic E-state index is 0.526. The van der Waals surface area contributed by atoms with Gasteiger partial charge >= 0.3 is 0 Å². The van der Waals surface area contributed by atoms with Crippen molar-refractivity contribution in [3.63, 3.8) is 0 Å². The number of aliphatic imine (C=N–C) groups is 1. The molecule has 1 atom stereocenters. The molecule has 0 fully saturated rings. The van der Waals surface area contributed by atoms with Gasteiger partial charge in [0.05, 0.1) is 19.9 Å². The number of nitrogens with zero attached hydrogens (tertiary/aromatic N) is 1. The summed E-state index contributed by atoms with van der Waals surface area (Å²) >= 11 is 3.41. The SMILES string of the molecule is COc1cc2c(c(OC)c1)C(C=O)NC(c1ccc(Br)cc1)=N2. The molecule has 1 N–H and O–H groups in total. The van der Waals surface area contributed by atoms with E-state index in [-0.39, 0.29) is 0 Å². The maximum absolute atomic E-state index is 11.6. The minimum atomic E-state index is -0.526. The van der Waals surface area contributed by atoms with Crippen LogP contribution < -0.4 is 14.8 Å². The van der Waals surface area contributed by atoms with Crippen LogP contribution in [0, 0.1) is 0 Å². The van der Waals surface area contributed by atoms with Gasteiger partial charge in [-0.15, -0.1) is 0 Å². The number of carbonyl (C=O) groups is 1. The zero-order chi connectivity index (χ0) is 16.4. The lowest BCUT2D eigenvalue weighted by atomic mass is 10.0. The van der Waals surface area contributed by atoms with E-state index in [4.69, 9.17) is 9.47 Å². The highest BCUT2D eigenvalue weighted by Crippen LogP contribution is 2.40. The molecule has 0 radical (unpaired) electrons. The number of rotatable bonds is 4. The first kappa shape index (κ1) is 15.6. The van der Waals surface area contributed by atoms with Gasteiger partial charge < -0.3 is 19.6 Å². The van der Waals surface area contributed by atoms with Crippen molar-refractivity contribution < 1.29 is 14.3 Å². The van der Waals surface area contributed by atoms with Crippen LogP contribution in [-0.4, -0.2) is 26.3 Å². The summed E-state index contributed by atoms with van der Waals surface area (Å²) in [6.45, 7) is 0. The summed E-state index contributed by atoms with van der Waals surface area (Å²) in [6, 6.07) is 10.7. The lowest BCUT2D eigenvalue weighted by molar-refractivity contribution is -0.109. The summed E-state index contributed by atoms with van der Waals surface area (Å²) in [5, 5.41) is 3.15. The molecule has 1 heterocycles. The van der Waals surface area contributed by atoms with E-state index in [0.29, 0.717) is 28.6 Å². The Hall–Kier alpha value is -2.34. The first-order valence-corrected chi connectivity index (χ1v) is 7.78. The second-order valence-electron chi connectivity index (χ2n) is 4.99. The molecule has 0 aliphatic carbocycles. The number of carbonyl (C=O) groups excluding carboxylic acids is 1. The third-order valence-electron chi connectivity index (χ3n) is 3.64. The molecule has 2 aromatic carbocycles. The lowest BCUT2D eigenvalue weighted by Crippen LogP contribution is -2.33. The minimum Gasteiger partial charge on any atom is -0.497 e. The molecular weight excluding hydrogens is 360 g/mol. The van der Waals surface area contributed by atoms with Crippen molar-refractivity contribution in [1.29, 1.82) is 0 Å². The van der Waals surface area contributed by atoms with Crippen LogP contribution >= 0.6 is 15.9 Å². The predicted molar refractivity (Wildman–Crippen MR) is 91.8 cm³/mol. The van der Waals surface area contributed by atoms with Crippen molar-refractivity contribution >= 4 is 33.7 Å². The first-order valence-electron chi connectivity index (χ1n) is 6.98. The van der Waals surface area contributed by atoms with Gasteiger partial charge in [0.1, 0.15) is 29.7 Å². The quantitative estimate of drug-likeness (QED) is 0.833. The predicted octanol–water partition coefficient (Wildman–Crippen LogP) is 3.39. The Labute approximate surface area is 142 Å². The van der Waals surface area contributed by atoms with E-state index < -0.39 is 6.04 Å². The number of amidine groups is 1. The van der Waals surface area contributed by atoms with Gasteiger partial charge in [0, 0.05) is 27.7 Å². The van der Waals surface area contributed by atoms with Gasteiger partial charge in [0.2, 0.25) is 0 Å². The molecule has 23 heavy (non-hydrogen) atoms. The summed E-state index contributed by atoms with van der Waals surface area (Å²) in [7, 11) is 3.14. The summed E-state index contributed by atoms with van der Waals surface area (Å²) in [5.41, 5.74) is 2.27. The van der Waals surface area contributed by atoms with E-state index in [0.717, 1.165) is 16.3 Å². The van der Waals surface area contributed by atoms with Crippen LogP contribution in [-0.2, 0) is 4.79 Å². The highest BCUT2D eigenvalue weighted by atomic mass is 79.9. The summed E-state index contributed by atoms with van der Waals surface area (Å²) in [5.74, 6) is 1.84. The monoisotopic (exact) mass is 374 g/mol. The largest absolute Gasteiger partial charge is 0.497 e. The van der Waals surface area contributed by atoms with Crippen LogP contribution in [0.15, 0.2) is 45.9 Å². The molecular formula is C17H15BrN2O3. The number of hydrogen-bond acceptors (Lipinski definition) is 5. The Morgan fingerprint density at radius 1 is 1.17 bits per heavy atom. The number of methoxy groups -OCH3 is 2. The summed E-state index contributed by atoms with van der Waals surface area (Å²) in [4.78, 5) is 16.2. The van der Waals surface area contributed by atoms with Crippen LogP contribution in [0.25, 0.3) is 0 Å². The van der Waals surface area contributed by atoms with Crippen LogP contribution in [0.4, 0.5) is 5.69 Å². The molecule has 1 unspecified atom stereocenters. The van der Waals surface area contributed by atoms with Gasteiger partial charge in [0.25, 0.3) is 0 Å². The molecule has 0 aromatic heterocycles. The van der Waals surface area contributed by atoms with Crippen molar-refractivity contribution in [2.45, 2.75) is 6.04 Å². The third kappa shape index (κ3) is 2.94. The highest BCUT2D eigenvalue weighted by Gasteiger charge is 2.26. The van der Waals surface area contributed by atoms with Gasteiger partial charge in [-0.3, -0.25) is 0 Å². The van der Waals surface area contributed by atoms with Crippen molar-refractivity contribution in [2.75, 3.05) is 14.2 Å². The molecule has 0 amide bonds. The smallest absolute Gasteiger partial charge is 0.147 e. The van der Waals surface area contributed by atoms with E-state index >= 15 is 0 Å². The molecule has 5 nitrogen and oxygen atoms in total. The molecule has 118 valence electrons. The Morgan fingerprint density at radius 3 is 2.52 bits per heavy atom. The fourth-order valence-corrected chi connectivity index (χ4v) is 2.77. The van der Waals surface area contributed by atoms with Crippen molar-refractivity contribution in [2.24, 2.45) is 4.99 Å². The van der Waals surface area contributed by atoms with E-state index in [1.807, 2.05) is 24.3 Å². The standard InChI is InChI=1S/C17H15BrN2O3/c1-22-12-7-13-16(15(8-12)23-2)14(9-21)20-17(19-13)10-3-5-11(18)6-4-10/h3-9,14H,1-2H3,(H,19,20). The Morgan fingerprint density at radius 2 is 1.91 bits per heavy atom. The molecule has 1 aliphatic rings. The topological polar surface area (TPSA) is 59.9 Å². The van der Waals surface area contributed by atoms with Crippen LogP contribution in [0.3, 0.4) is 0 Å². The fraction of sp³-hybridized carbons (Fsp3) is 0.176. The average Bonchev–Trinajstić information content (AvgIpc) is 2.60. The number of halogens is 1. The second kappa shape index (κ2) is 6.42. The Bertz CT molecular complexity index is 772. The molecule has 0 saturated carbocycles. The fourth-order valence-electron chi connectivity index (χ4n) is 2.51.